The van der Waals surface area contributed by atoms with Crippen molar-refractivity contribution in [2.75, 3.05) is 11.9 Å². The maximum atomic E-state index is 11.6. The van der Waals surface area contributed by atoms with Crippen LogP contribution < -0.4 is 16.6 Å². The van der Waals surface area contributed by atoms with E-state index < -0.39 is 0 Å². The molecule has 3 unspecified atom stereocenters. The fourth-order valence-electron chi connectivity index (χ4n) is 2.22. The van der Waals surface area contributed by atoms with Crippen LogP contribution in [0.3, 0.4) is 0 Å². The minimum Gasteiger partial charge on any atom is -0.376 e. The molecule has 0 amide bonds. The number of ether oxygens (including phenoxy) is 1. The molecule has 3 atom stereocenters. The Bertz CT molecular complexity index is 484. The molecule has 4 N–H and O–H groups in total. The quantitative estimate of drug-likeness (QED) is 0.733. The number of anilines is 1. The monoisotopic (exact) mass is 266 g/mol. The van der Waals surface area contributed by atoms with Gasteiger partial charge in [-0.25, -0.2) is 4.98 Å². The number of rotatable bonds is 5. The second-order valence-electron chi connectivity index (χ2n) is 5.23. The van der Waals surface area contributed by atoms with E-state index in [0.29, 0.717) is 18.2 Å². The van der Waals surface area contributed by atoms with Crippen LogP contribution in [0.5, 0.6) is 0 Å². The molecule has 1 aliphatic carbocycles. The molecule has 2 rings (SSSR count). The van der Waals surface area contributed by atoms with E-state index in [1.54, 1.807) is 0 Å². The molecule has 0 saturated heterocycles. The highest BCUT2D eigenvalue weighted by atomic mass is 16.5. The molecule has 6 heteroatoms. The zero-order chi connectivity index (χ0) is 14.0. The lowest BCUT2D eigenvalue weighted by molar-refractivity contribution is -0.0127. The molecule has 1 aliphatic rings. The number of aromatic amines is 1. The topological polar surface area (TPSA) is 93.0 Å². The first-order chi connectivity index (χ1) is 9.01. The largest absolute Gasteiger partial charge is 0.376 e. The molecule has 1 heterocycles. The van der Waals surface area contributed by atoms with E-state index in [2.05, 4.69) is 15.3 Å². The number of aromatic nitrogens is 2. The van der Waals surface area contributed by atoms with Crippen LogP contribution in [0.1, 0.15) is 38.9 Å². The Balaban J connectivity index is 2.12. The molecule has 0 aromatic carbocycles. The van der Waals surface area contributed by atoms with Gasteiger partial charge in [0.15, 0.2) is 0 Å². The third kappa shape index (κ3) is 3.13. The van der Waals surface area contributed by atoms with Crippen molar-refractivity contribution in [2.45, 2.75) is 51.3 Å². The molecule has 0 spiro atoms. The molecule has 0 radical (unpaired) electrons. The number of H-pyrrole nitrogens is 1. The number of hydrogen-bond acceptors (Lipinski definition) is 5. The second-order valence-corrected chi connectivity index (χ2v) is 5.23. The highest BCUT2D eigenvalue weighted by molar-refractivity contribution is 5.37. The van der Waals surface area contributed by atoms with Crippen LogP contribution >= 0.6 is 0 Å². The summed E-state index contributed by atoms with van der Waals surface area (Å²) in [6.07, 6.45) is 0.940. The maximum absolute atomic E-state index is 11.6. The lowest BCUT2D eigenvalue weighted by Gasteiger charge is -2.42. The van der Waals surface area contributed by atoms with Gasteiger partial charge in [-0.3, -0.25) is 4.79 Å². The van der Waals surface area contributed by atoms with Gasteiger partial charge in [0.25, 0.3) is 5.56 Å². The van der Waals surface area contributed by atoms with Crippen LogP contribution in [0.2, 0.25) is 0 Å². The Morgan fingerprint density at radius 2 is 2.37 bits per heavy atom. The molecular formula is C13H22N4O2. The van der Waals surface area contributed by atoms with Gasteiger partial charge in [-0.05, 0) is 13.3 Å². The number of nitrogens with zero attached hydrogens (tertiary/aromatic N) is 1. The van der Waals surface area contributed by atoms with Gasteiger partial charge in [-0.1, -0.05) is 13.8 Å². The average Bonchev–Trinajstić information content (AvgIpc) is 2.35. The lowest BCUT2D eigenvalue weighted by atomic mass is 9.83. The number of nitrogens with two attached hydrogens (primary N) is 1. The van der Waals surface area contributed by atoms with Crippen molar-refractivity contribution in [2.24, 2.45) is 5.73 Å². The van der Waals surface area contributed by atoms with Gasteiger partial charge < -0.3 is 20.8 Å². The molecule has 1 fully saturated rings. The van der Waals surface area contributed by atoms with Crippen LogP contribution in [-0.2, 0) is 4.74 Å². The Labute approximate surface area is 112 Å². The van der Waals surface area contributed by atoms with Gasteiger partial charge in [-0.2, -0.15) is 0 Å². The third-order valence-corrected chi connectivity index (χ3v) is 3.37. The number of nitrogens with one attached hydrogen (secondary N) is 2. The van der Waals surface area contributed by atoms with Gasteiger partial charge in [0, 0.05) is 24.6 Å². The molecule has 6 nitrogen and oxygen atoms in total. The van der Waals surface area contributed by atoms with Crippen LogP contribution in [0, 0.1) is 0 Å². The number of hydrogen-bond donors (Lipinski definition) is 3. The minimum atomic E-state index is -0.151. The molecule has 0 bridgehead atoms. The molecule has 1 aromatic heterocycles. The van der Waals surface area contributed by atoms with Crippen molar-refractivity contribution in [3.05, 3.63) is 22.2 Å². The summed E-state index contributed by atoms with van der Waals surface area (Å²) >= 11 is 0. The minimum absolute atomic E-state index is 0.0225. The summed E-state index contributed by atoms with van der Waals surface area (Å²) in [5, 5.41) is 3.22. The Kier molecular flexibility index (Phi) is 4.21. The first kappa shape index (κ1) is 14.0. The van der Waals surface area contributed by atoms with Crippen molar-refractivity contribution in [3.8, 4) is 0 Å². The molecule has 1 saturated carbocycles. The molecular weight excluding hydrogens is 244 g/mol. The molecule has 1 aromatic rings. The molecule has 0 aliphatic heterocycles. The Morgan fingerprint density at radius 3 is 2.95 bits per heavy atom. The van der Waals surface area contributed by atoms with E-state index >= 15 is 0 Å². The van der Waals surface area contributed by atoms with Crippen LogP contribution in [-0.4, -0.2) is 34.8 Å². The predicted molar refractivity (Wildman–Crippen MR) is 74.4 cm³/mol. The standard InChI is InChI=1S/C13H22N4O2/c1-4-19-9-5-8(14)12(9)15-10-6-11(18)17-13(16-10)7(2)3/h6-9,12H,4-5,14H2,1-3H3,(H2,15,16,17,18). The Hall–Kier alpha value is -1.40. The lowest BCUT2D eigenvalue weighted by Crippen LogP contribution is -2.60. The van der Waals surface area contributed by atoms with Crippen molar-refractivity contribution in [1.29, 1.82) is 0 Å². The first-order valence-corrected chi connectivity index (χ1v) is 6.76. The molecule has 19 heavy (non-hydrogen) atoms. The highest BCUT2D eigenvalue weighted by Gasteiger charge is 2.39. The van der Waals surface area contributed by atoms with Crippen molar-refractivity contribution in [3.63, 3.8) is 0 Å². The van der Waals surface area contributed by atoms with Crippen molar-refractivity contribution in [1.82, 2.24) is 9.97 Å². The zero-order valence-corrected chi connectivity index (χ0v) is 11.6. The fourth-order valence-corrected chi connectivity index (χ4v) is 2.22. The smallest absolute Gasteiger partial charge is 0.252 e. The van der Waals surface area contributed by atoms with Crippen molar-refractivity contribution < 1.29 is 4.74 Å². The average molecular weight is 266 g/mol. The maximum Gasteiger partial charge on any atom is 0.252 e. The summed E-state index contributed by atoms with van der Waals surface area (Å²) in [5.41, 5.74) is 5.82. The SMILES string of the molecule is CCOC1CC(N)C1Nc1cc(=O)[nH]c(C(C)C)n1. The van der Waals surface area contributed by atoms with Gasteiger partial charge in [0.05, 0.1) is 12.1 Å². The van der Waals surface area contributed by atoms with E-state index in [4.69, 9.17) is 10.5 Å². The predicted octanol–water partition coefficient (Wildman–Crippen LogP) is 0.810. The summed E-state index contributed by atoms with van der Waals surface area (Å²) in [6, 6.07) is 1.52. The van der Waals surface area contributed by atoms with Gasteiger partial charge in [-0.15, -0.1) is 0 Å². The fraction of sp³-hybridized carbons (Fsp3) is 0.692. The van der Waals surface area contributed by atoms with Gasteiger partial charge in [0.2, 0.25) is 0 Å². The van der Waals surface area contributed by atoms with Gasteiger partial charge >= 0.3 is 0 Å². The second kappa shape index (κ2) is 5.71. The summed E-state index contributed by atoms with van der Waals surface area (Å²) in [4.78, 5) is 18.7. The van der Waals surface area contributed by atoms with E-state index in [1.165, 1.54) is 6.07 Å². The van der Waals surface area contributed by atoms with E-state index in [-0.39, 0.29) is 29.7 Å². The summed E-state index contributed by atoms with van der Waals surface area (Å²) in [5.74, 6) is 1.42. The third-order valence-electron chi connectivity index (χ3n) is 3.37. The Morgan fingerprint density at radius 1 is 1.63 bits per heavy atom. The summed E-state index contributed by atoms with van der Waals surface area (Å²) in [6.45, 7) is 6.60. The van der Waals surface area contributed by atoms with Crippen LogP contribution in [0.15, 0.2) is 10.9 Å². The van der Waals surface area contributed by atoms with Crippen molar-refractivity contribution >= 4 is 5.82 Å². The van der Waals surface area contributed by atoms with Crippen LogP contribution in [0.4, 0.5) is 5.82 Å². The van der Waals surface area contributed by atoms with E-state index in [0.717, 1.165) is 6.42 Å². The van der Waals surface area contributed by atoms with Gasteiger partial charge in [0.1, 0.15) is 11.6 Å². The summed E-state index contributed by atoms with van der Waals surface area (Å²) < 4.78 is 5.58. The van der Waals surface area contributed by atoms with E-state index in [1.807, 2.05) is 20.8 Å². The highest BCUT2D eigenvalue weighted by Crippen LogP contribution is 2.25. The van der Waals surface area contributed by atoms with Crippen LogP contribution in [0.25, 0.3) is 0 Å². The first-order valence-electron chi connectivity index (χ1n) is 6.76. The normalized spacial score (nSPS) is 26.3. The van der Waals surface area contributed by atoms with E-state index in [9.17, 15) is 4.79 Å². The summed E-state index contributed by atoms with van der Waals surface area (Å²) in [7, 11) is 0. The zero-order valence-electron chi connectivity index (χ0n) is 11.6. The molecule has 106 valence electrons.